The molecule has 1 N–H and O–H groups in total. The lowest BCUT2D eigenvalue weighted by Gasteiger charge is -2.23. The van der Waals surface area contributed by atoms with Crippen molar-refractivity contribution in [3.05, 3.63) is 98.9 Å². The number of aliphatic carboxylic acids is 1. The lowest BCUT2D eigenvalue weighted by molar-refractivity contribution is -0.145. The number of thiocarbonyl (C=S) groups is 1. The smallest absolute Gasteiger partial charge is 0.331 e. The third kappa shape index (κ3) is 5.58. The quantitative estimate of drug-likeness (QED) is 0.261. The summed E-state index contributed by atoms with van der Waals surface area (Å²) < 4.78 is 12.3. The highest BCUT2D eigenvalue weighted by atomic mass is 79.9. The number of carbonyl (C=O) groups excluding carboxylic acids is 1. The molecule has 35 heavy (non-hydrogen) atoms. The van der Waals surface area contributed by atoms with E-state index in [4.69, 9.17) is 21.7 Å². The number of methoxy groups -OCH3 is 1. The molecule has 9 heteroatoms. The van der Waals surface area contributed by atoms with Crippen LogP contribution in [0, 0.1) is 0 Å². The van der Waals surface area contributed by atoms with Crippen LogP contribution in [0.5, 0.6) is 11.5 Å². The largest absolute Gasteiger partial charge is 0.493 e. The first-order chi connectivity index (χ1) is 16.9. The molecule has 1 aliphatic rings. The van der Waals surface area contributed by atoms with Gasteiger partial charge in [0.25, 0.3) is 5.91 Å². The zero-order valence-corrected chi connectivity index (χ0v) is 21.7. The molecule has 0 spiro atoms. The van der Waals surface area contributed by atoms with E-state index in [9.17, 15) is 14.7 Å². The molecule has 1 heterocycles. The molecule has 1 fully saturated rings. The number of carboxylic acid groups (broad SMARTS) is 1. The summed E-state index contributed by atoms with van der Waals surface area (Å²) in [6.45, 7) is 0.365. The summed E-state index contributed by atoms with van der Waals surface area (Å²) in [6, 6.07) is 20.7. The van der Waals surface area contributed by atoms with Gasteiger partial charge in [-0.25, -0.2) is 4.79 Å². The first-order valence-electron chi connectivity index (χ1n) is 10.5. The molecule has 0 aromatic heterocycles. The van der Waals surface area contributed by atoms with Crippen LogP contribution in [0.1, 0.15) is 22.7 Å². The number of carbonyl (C=O) groups is 2. The predicted molar refractivity (Wildman–Crippen MR) is 143 cm³/mol. The second-order valence-corrected chi connectivity index (χ2v) is 10.0. The number of halogens is 1. The van der Waals surface area contributed by atoms with E-state index < -0.39 is 17.9 Å². The molecule has 1 saturated heterocycles. The van der Waals surface area contributed by atoms with Crippen molar-refractivity contribution in [1.29, 1.82) is 0 Å². The van der Waals surface area contributed by atoms with Crippen molar-refractivity contribution in [3.63, 3.8) is 0 Å². The van der Waals surface area contributed by atoms with Gasteiger partial charge in [-0.05, 0) is 50.8 Å². The molecule has 178 valence electrons. The number of amides is 1. The summed E-state index contributed by atoms with van der Waals surface area (Å²) in [5, 5.41) is 9.85. The number of carboxylic acids is 1. The van der Waals surface area contributed by atoms with E-state index in [1.165, 1.54) is 7.11 Å². The van der Waals surface area contributed by atoms with Crippen LogP contribution in [0.4, 0.5) is 0 Å². The summed E-state index contributed by atoms with van der Waals surface area (Å²) in [5.74, 6) is -0.588. The topological polar surface area (TPSA) is 76.1 Å². The molecule has 3 aromatic rings. The average Bonchev–Trinajstić information content (AvgIpc) is 3.12. The molecular weight excluding hydrogens is 550 g/mol. The third-order valence-electron chi connectivity index (χ3n) is 5.21. The summed E-state index contributed by atoms with van der Waals surface area (Å²) in [7, 11) is 1.54. The number of hydrogen-bond donors (Lipinski definition) is 1. The van der Waals surface area contributed by atoms with E-state index in [2.05, 4.69) is 15.9 Å². The fourth-order valence-corrected chi connectivity index (χ4v) is 5.47. The van der Waals surface area contributed by atoms with E-state index in [1.807, 2.05) is 30.3 Å². The maximum atomic E-state index is 13.2. The molecule has 4 rings (SSSR count). The van der Waals surface area contributed by atoms with Crippen LogP contribution in [-0.2, 0) is 16.2 Å². The minimum Gasteiger partial charge on any atom is -0.493 e. The molecule has 0 saturated carbocycles. The highest BCUT2D eigenvalue weighted by Gasteiger charge is 2.41. The lowest BCUT2D eigenvalue weighted by atomic mass is 10.1. The van der Waals surface area contributed by atoms with Gasteiger partial charge in [-0.15, -0.1) is 0 Å². The fraction of sp³-hybridized carbons (Fsp3) is 0.115. The molecule has 0 aliphatic carbocycles. The molecular formula is C26H20BrNO5S2. The van der Waals surface area contributed by atoms with Crippen LogP contribution in [0.25, 0.3) is 6.08 Å². The van der Waals surface area contributed by atoms with Crippen LogP contribution in [-0.4, -0.2) is 33.3 Å². The van der Waals surface area contributed by atoms with E-state index >= 15 is 0 Å². The number of hydrogen-bond acceptors (Lipinski definition) is 6. The number of benzene rings is 3. The van der Waals surface area contributed by atoms with Crippen molar-refractivity contribution in [1.82, 2.24) is 4.90 Å². The van der Waals surface area contributed by atoms with Crippen LogP contribution in [0.15, 0.2) is 82.2 Å². The first kappa shape index (κ1) is 25.0. The van der Waals surface area contributed by atoms with Crippen molar-refractivity contribution in [2.75, 3.05) is 7.11 Å². The molecule has 1 atom stereocenters. The van der Waals surface area contributed by atoms with Crippen LogP contribution in [0.2, 0.25) is 0 Å². The van der Waals surface area contributed by atoms with Gasteiger partial charge in [0, 0.05) is 0 Å². The normalized spacial score (nSPS) is 15.4. The lowest BCUT2D eigenvalue weighted by Crippen LogP contribution is -2.37. The van der Waals surface area contributed by atoms with Gasteiger partial charge in [-0.3, -0.25) is 9.69 Å². The Morgan fingerprint density at radius 3 is 2.43 bits per heavy atom. The van der Waals surface area contributed by atoms with Crippen molar-refractivity contribution in [2.45, 2.75) is 12.6 Å². The Hall–Kier alpha value is -3.14. The van der Waals surface area contributed by atoms with E-state index in [0.29, 0.717) is 38.6 Å². The van der Waals surface area contributed by atoms with Gasteiger partial charge in [0.05, 0.1) is 16.5 Å². The minimum absolute atomic E-state index is 0.186. The van der Waals surface area contributed by atoms with Crippen LogP contribution >= 0.6 is 39.9 Å². The van der Waals surface area contributed by atoms with Crippen molar-refractivity contribution in [3.8, 4) is 11.5 Å². The van der Waals surface area contributed by atoms with Gasteiger partial charge in [0.1, 0.15) is 10.9 Å². The van der Waals surface area contributed by atoms with Gasteiger partial charge < -0.3 is 14.6 Å². The van der Waals surface area contributed by atoms with E-state index in [1.54, 1.807) is 48.5 Å². The Balaban J connectivity index is 1.60. The van der Waals surface area contributed by atoms with Crippen LogP contribution < -0.4 is 9.47 Å². The highest BCUT2D eigenvalue weighted by Crippen LogP contribution is 2.41. The molecule has 1 unspecified atom stereocenters. The number of nitrogens with zero attached hydrogens (tertiary/aromatic N) is 1. The maximum Gasteiger partial charge on any atom is 0.331 e. The van der Waals surface area contributed by atoms with E-state index in [-0.39, 0.29) is 4.32 Å². The molecule has 6 nitrogen and oxygen atoms in total. The summed E-state index contributed by atoms with van der Waals surface area (Å²) in [5.41, 5.74) is 2.16. The molecule has 0 bridgehead atoms. The molecule has 3 aromatic carbocycles. The van der Waals surface area contributed by atoms with E-state index in [0.717, 1.165) is 22.2 Å². The Morgan fingerprint density at radius 2 is 1.80 bits per heavy atom. The summed E-state index contributed by atoms with van der Waals surface area (Å²) in [6.07, 6.45) is 1.66. The van der Waals surface area contributed by atoms with Gasteiger partial charge in [0.2, 0.25) is 0 Å². The predicted octanol–water partition coefficient (Wildman–Crippen LogP) is 6.06. The first-order valence-corrected chi connectivity index (χ1v) is 12.5. The molecule has 1 amide bonds. The van der Waals surface area contributed by atoms with Gasteiger partial charge >= 0.3 is 5.97 Å². The average molecular weight is 570 g/mol. The zero-order chi connectivity index (χ0) is 24.9. The SMILES string of the molecule is COc1cc(/C=C2\SC(=S)N(C(C(=O)O)c3ccccc3)C2=O)cc(Br)c1OCc1ccccc1. The fourth-order valence-electron chi connectivity index (χ4n) is 3.58. The van der Waals surface area contributed by atoms with Crippen LogP contribution in [0.3, 0.4) is 0 Å². The van der Waals surface area contributed by atoms with Crippen molar-refractivity contribution >= 4 is 62.2 Å². The van der Waals surface area contributed by atoms with Gasteiger partial charge in [0.15, 0.2) is 17.5 Å². The monoisotopic (exact) mass is 569 g/mol. The number of thioether (sulfide) groups is 1. The Morgan fingerprint density at radius 1 is 1.14 bits per heavy atom. The second-order valence-electron chi connectivity index (χ2n) is 7.51. The summed E-state index contributed by atoms with van der Waals surface area (Å²) >= 11 is 9.99. The highest BCUT2D eigenvalue weighted by molar-refractivity contribution is 9.10. The summed E-state index contributed by atoms with van der Waals surface area (Å²) in [4.78, 5) is 26.7. The molecule has 0 radical (unpaired) electrons. The number of rotatable bonds is 8. The second kappa shape index (κ2) is 11.1. The van der Waals surface area contributed by atoms with Crippen molar-refractivity contribution < 1.29 is 24.2 Å². The Labute approximate surface area is 220 Å². The maximum absolute atomic E-state index is 13.2. The molecule has 1 aliphatic heterocycles. The Bertz CT molecular complexity index is 1300. The Kier molecular flexibility index (Phi) is 7.90. The minimum atomic E-state index is -1.20. The zero-order valence-electron chi connectivity index (χ0n) is 18.5. The standard InChI is InChI=1S/C26H20BrNO5S2/c1-32-20-13-17(12-19(27)23(20)33-15-16-8-4-2-5-9-16)14-21-24(29)28(26(34)35-21)22(25(30)31)18-10-6-3-7-11-18/h2-14,22H,15H2,1H3,(H,30,31)/b21-14-. The third-order valence-corrected chi connectivity index (χ3v) is 7.13. The van der Waals surface area contributed by atoms with Gasteiger partial charge in [-0.1, -0.05) is 84.6 Å². The number of ether oxygens (including phenoxy) is 2. The van der Waals surface area contributed by atoms with Crippen molar-refractivity contribution in [2.24, 2.45) is 0 Å². The van der Waals surface area contributed by atoms with Gasteiger partial charge in [-0.2, -0.15) is 0 Å².